The number of hydrazine groups is 1. The van der Waals surface area contributed by atoms with Crippen molar-refractivity contribution < 1.29 is 17.6 Å². The zero-order chi connectivity index (χ0) is 18.0. The highest BCUT2D eigenvalue weighted by molar-refractivity contribution is 7.89. The number of sulfonamides is 1. The summed E-state index contributed by atoms with van der Waals surface area (Å²) in [4.78, 5) is 12.3. The molecule has 1 aliphatic heterocycles. The van der Waals surface area contributed by atoms with Crippen molar-refractivity contribution in [2.45, 2.75) is 23.4 Å². The van der Waals surface area contributed by atoms with Crippen LogP contribution in [-0.2, 0) is 14.8 Å². The summed E-state index contributed by atoms with van der Waals surface area (Å²) in [5.74, 6) is -0.576. The van der Waals surface area contributed by atoms with Crippen molar-refractivity contribution in [3.8, 4) is 0 Å². The van der Waals surface area contributed by atoms with Crippen molar-refractivity contribution in [2.24, 2.45) is 5.14 Å². The fourth-order valence-electron chi connectivity index (χ4n) is 2.60. The Hall–Kier alpha value is -2.33. The zero-order valence-corrected chi connectivity index (χ0v) is 13.9. The van der Waals surface area contributed by atoms with Gasteiger partial charge < -0.3 is 5.32 Å². The molecule has 0 bridgehead atoms. The molecule has 1 saturated heterocycles. The number of hydrogen-bond acceptors (Lipinski definition) is 5. The van der Waals surface area contributed by atoms with Crippen LogP contribution in [0.5, 0.6) is 0 Å². The van der Waals surface area contributed by atoms with Crippen molar-refractivity contribution >= 4 is 21.6 Å². The van der Waals surface area contributed by atoms with Gasteiger partial charge in [0.1, 0.15) is 11.9 Å². The Bertz CT molecular complexity index is 869. The molecule has 2 atom stereocenters. The third-order valence-corrected chi connectivity index (χ3v) is 4.87. The third-order valence-electron chi connectivity index (χ3n) is 3.94. The minimum absolute atomic E-state index is 0.0254. The first kappa shape index (κ1) is 17.5. The molecular weight excluding hydrogens is 347 g/mol. The smallest absolute Gasteiger partial charge is 0.242 e. The number of hydrogen-bond donors (Lipinski definition) is 4. The molecule has 132 valence electrons. The van der Waals surface area contributed by atoms with E-state index in [4.69, 9.17) is 5.14 Å². The highest BCUT2D eigenvalue weighted by atomic mass is 32.2. The molecule has 1 amide bonds. The normalized spacial score (nSPS) is 20.4. The van der Waals surface area contributed by atoms with Gasteiger partial charge in [-0.2, -0.15) is 0 Å². The lowest BCUT2D eigenvalue weighted by atomic mass is 10.0. The maximum absolute atomic E-state index is 13.0. The van der Waals surface area contributed by atoms with Crippen LogP contribution < -0.4 is 21.3 Å². The van der Waals surface area contributed by atoms with Gasteiger partial charge in [0.15, 0.2) is 0 Å². The van der Waals surface area contributed by atoms with Gasteiger partial charge in [-0.25, -0.2) is 28.8 Å². The first-order valence-electron chi connectivity index (χ1n) is 7.53. The average Bonchev–Trinajstić information content (AvgIpc) is 3.05. The van der Waals surface area contributed by atoms with Gasteiger partial charge in [-0.1, -0.05) is 12.1 Å². The Kier molecular flexibility index (Phi) is 4.82. The molecule has 0 aliphatic carbocycles. The van der Waals surface area contributed by atoms with Crippen LogP contribution in [0.2, 0.25) is 0 Å². The van der Waals surface area contributed by atoms with Crippen molar-refractivity contribution in [1.82, 2.24) is 10.9 Å². The number of primary sulfonamides is 1. The van der Waals surface area contributed by atoms with Crippen molar-refractivity contribution in [3.63, 3.8) is 0 Å². The number of anilines is 1. The van der Waals surface area contributed by atoms with Gasteiger partial charge in [0, 0.05) is 11.7 Å². The number of carbonyl (C=O) groups is 1. The van der Waals surface area contributed by atoms with Crippen LogP contribution >= 0.6 is 0 Å². The number of benzene rings is 2. The molecule has 25 heavy (non-hydrogen) atoms. The van der Waals surface area contributed by atoms with E-state index in [0.29, 0.717) is 12.1 Å². The summed E-state index contributed by atoms with van der Waals surface area (Å²) in [6.07, 6.45) is 0.493. The fraction of sp³-hybridized carbons (Fsp3) is 0.188. The quantitative estimate of drug-likeness (QED) is 0.647. The Morgan fingerprint density at radius 1 is 1.08 bits per heavy atom. The van der Waals surface area contributed by atoms with Crippen LogP contribution in [0.25, 0.3) is 0 Å². The minimum atomic E-state index is -3.77. The van der Waals surface area contributed by atoms with Gasteiger partial charge in [-0.05, 0) is 48.4 Å². The third kappa shape index (κ3) is 4.20. The van der Waals surface area contributed by atoms with Gasteiger partial charge in [0.05, 0.1) is 4.90 Å². The molecule has 1 aliphatic rings. The lowest BCUT2D eigenvalue weighted by Crippen LogP contribution is -2.39. The van der Waals surface area contributed by atoms with Crippen LogP contribution in [0.15, 0.2) is 53.4 Å². The Balaban J connectivity index is 1.61. The van der Waals surface area contributed by atoms with Crippen LogP contribution in [0.1, 0.15) is 18.0 Å². The number of halogens is 1. The maximum atomic E-state index is 13.0. The van der Waals surface area contributed by atoms with Crippen LogP contribution in [-0.4, -0.2) is 20.4 Å². The van der Waals surface area contributed by atoms with Crippen LogP contribution in [0, 0.1) is 5.82 Å². The second-order valence-electron chi connectivity index (χ2n) is 5.74. The van der Waals surface area contributed by atoms with E-state index in [1.165, 1.54) is 36.4 Å². The summed E-state index contributed by atoms with van der Waals surface area (Å²) in [5.41, 5.74) is 7.25. The zero-order valence-electron chi connectivity index (χ0n) is 13.1. The molecule has 2 aromatic carbocycles. The molecule has 0 aromatic heterocycles. The molecule has 9 heteroatoms. The monoisotopic (exact) mass is 364 g/mol. The van der Waals surface area contributed by atoms with E-state index in [9.17, 15) is 17.6 Å². The lowest BCUT2D eigenvalue weighted by Gasteiger charge is -2.11. The SMILES string of the molecule is NS(=O)(=O)c1ccc(NC(=O)C2CC(c3ccc(F)cc3)NN2)cc1. The molecule has 3 rings (SSSR count). The molecule has 7 nitrogen and oxygen atoms in total. The van der Waals surface area contributed by atoms with Gasteiger partial charge in [0.2, 0.25) is 15.9 Å². The van der Waals surface area contributed by atoms with Gasteiger partial charge in [-0.3, -0.25) is 4.79 Å². The predicted octanol–water partition coefficient (Wildman–Crippen LogP) is 1.02. The summed E-state index contributed by atoms with van der Waals surface area (Å²) in [6, 6.07) is 11.1. The predicted molar refractivity (Wildman–Crippen MR) is 90.3 cm³/mol. The number of nitrogens with one attached hydrogen (secondary N) is 3. The topological polar surface area (TPSA) is 113 Å². The first-order valence-corrected chi connectivity index (χ1v) is 9.08. The van der Waals surface area contributed by atoms with Gasteiger partial charge >= 0.3 is 0 Å². The van der Waals surface area contributed by atoms with Crippen molar-refractivity contribution in [2.75, 3.05) is 5.32 Å². The summed E-state index contributed by atoms with van der Waals surface area (Å²) < 4.78 is 35.4. The van der Waals surface area contributed by atoms with Gasteiger partial charge in [0.25, 0.3) is 0 Å². The highest BCUT2D eigenvalue weighted by Crippen LogP contribution is 2.23. The molecule has 0 spiro atoms. The number of nitrogens with two attached hydrogens (primary N) is 1. The van der Waals surface area contributed by atoms with E-state index < -0.39 is 16.1 Å². The van der Waals surface area contributed by atoms with E-state index in [1.54, 1.807) is 12.1 Å². The Labute approximate surface area is 144 Å². The van der Waals surface area contributed by atoms with E-state index in [1.807, 2.05) is 0 Å². The van der Waals surface area contributed by atoms with E-state index in [0.717, 1.165) is 5.56 Å². The molecule has 2 aromatic rings. The second kappa shape index (κ2) is 6.89. The fourth-order valence-corrected chi connectivity index (χ4v) is 3.11. The van der Waals surface area contributed by atoms with E-state index >= 15 is 0 Å². The minimum Gasteiger partial charge on any atom is -0.325 e. The first-order chi connectivity index (χ1) is 11.8. The second-order valence-corrected chi connectivity index (χ2v) is 7.30. The molecule has 2 unspecified atom stereocenters. The number of carbonyl (C=O) groups excluding carboxylic acids is 1. The summed E-state index contributed by atoms with van der Waals surface area (Å²) in [6.45, 7) is 0. The number of amides is 1. The molecule has 5 N–H and O–H groups in total. The van der Waals surface area contributed by atoms with Crippen LogP contribution in [0.3, 0.4) is 0 Å². The van der Waals surface area contributed by atoms with E-state index in [-0.39, 0.29) is 22.7 Å². The lowest BCUT2D eigenvalue weighted by molar-refractivity contribution is -0.117. The van der Waals surface area contributed by atoms with Crippen molar-refractivity contribution in [1.29, 1.82) is 0 Å². The standard InChI is InChI=1S/C16H17FN4O3S/c17-11-3-1-10(2-4-11)14-9-15(21-20-14)16(22)19-12-5-7-13(8-6-12)25(18,23)24/h1-8,14-15,20-21H,9H2,(H,19,22)(H2,18,23,24). The number of rotatable bonds is 4. The molecule has 0 saturated carbocycles. The summed E-state index contributed by atoms with van der Waals surface area (Å²) in [5, 5.41) is 7.74. The summed E-state index contributed by atoms with van der Waals surface area (Å²) >= 11 is 0. The van der Waals surface area contributed by atoms with Gasteiger partial charge in [-0.15, -0.1) is 0 Å². The highest BCUT2D eigenvalue weighted by Gasteiger charge is 2.30. The molecule has 1 fully saturated rings. The van der Waals surface area contributed by atoms with Crippen LogP contribution in [0.4, 0.5) is 10.1 Å². The molecule has 0 radical (unpaired) electrons. The summed E-state index contributed by atoms with van der Waals surface area (Å²) in [7, 11) is -3.77. The molecule has 1 heterocycles. The average molecular weight is 364 g/mol. The Morgan fingerprint density at radius 2 is 1.72 bits per heavy atom. The maximum Gasteiger partial charge on any atom is 0.242 e. The van der Waals surface area contributed by atoms with E-state index in [2.05, 4.69) is 16.2 Å². The Morgan fingerprint density at radius 3 is 2.32 bits per heavy atom. The van der Waals surface area contributed by atoms with Crippen molar-refractivity contribution in [3.05, 3.63) is 59.9 Å². The largest absolute Gasteiger partial charge is 0.325 e. The molecular formula is C16H17FN4O3S.